The van der Waals surface area contributed by atoms with Crippen molar-refractivity contribution in [2.45, 2.75) is 26.0 Å². The first-order chi connectivity index (χ1) is 6.61. The van der Waals surface area contributed by atoms with Gasteiger partial charge in [-0.05, 0) is 41.5 Å². The molecule has 0 aliphatic carbocycles. The summed E-state index contributed by atoms with van der Waals surface area (Å²) in [6.07, 6.45) is 0.532. The maximum Gasteiger partial charge on any atom is 0.169 e. The number of rotatable bonds is 5. The normalized spacial score (nSPS) is 13.5. The number of aliphatic hydroxyl groups is 1. The molecule has 1 aromatic heterocycles. The maximum atomic E-state index is 9.43. The molecule has 0 aromatic carbocycles. The lowest BCUT2D eigenvalue weighted by Gasteiger charge is -2.18. The molecule has 1 rings (SSSR count). The van der Waals surface area contributed by atoms with Crippen molar-refractivity contribution in [1.82, 2.24) is 4.90 Å². The predicted molar refractivity (Wildman–Crippen MR) is 59.0 cm³/mol. The van der Waals surface area contributed by atoms with Crippen LogP contribution >= 0.6 is 15.9 Å². The van der Waals surface area contributed by atoms with Crippen LogP contribution in [0.3, 0.4) is 0 Å². The summed E-state index contributed by atoms with van der Waals surface area (Å²) in [5.74, 6) is 0.905. The second-order valence-electron chi connectivity index (χ2n) is 3.46. The van der Waals surface area contributed by atoms with Gasteiger partial charge in [0.05, 0.1) is 12.6 Å². The zero-order valence-corrected chi connectivity index (χ0v) is 10.1. The molecular formula is C10H16BrNO2. The monoisotopic (exact) mass is 261 g/mol. The van der Waals surface area contributed by atoms with E-state index < -0.39 is 0 Å². The van der Waals surface area contributed by atoms with Gasteiger partial charge in [-0.3, -0.25) is 4.90 Å². The molecule has 0 amide bonds. The molecule has 0 radical (unpaired) electrons. The molecule has 0 fully saturated rings. The van der Waals surface area contributed by atoms with Gasteiger partial charge in [0.15, 0.2) is 4.67 Å². The van der Waals surface area contributed by atoms with E-state index in [0.29, 0.717) is 6.54 Å². The second kappa shape index (κ2) is 5.53. The molecule has 0 saturated heterocycles. The Labute approximate surface area is 92.8 Å². The molecule has 3 nitrogen and oxygen atoms in total. The SMILES string of the molecule is CCC(O)CN(C)Cc1ccc(Br)o1. The van der Waals surface area contributed by atoms with Crippen LogP contribution in [0.4, 0.5) is 0 Å². The molecular weight excluding hydrogens is 246 g/mol. The standard InChI is InChI=1S/C10H16BrNO2/c1-3-8(13)6-12(2)7-9-4-5-10(11)14-9/h4-5,8,13H,3,6-7H2,1-2H3. The highest BCUT2D eigenvalue weighted by molar-refractivity contribution is 9.10. The molecule has 0 aliphatic rings. The van der Waals surface area contributed by atoms with Crippen LogP contribution in [0.5, 0.6) is 0 Å². The summed E-state index contributed by atoms with van der Waals surface area (Å²) in [6.45, 7) is 3.37. The number of furan rings is 1. The second-order valence-corrected chi connectivity index (χ2v) is 4.25. The van der Waals surface area contributed by atoms with Gasteiger partial charge in [-0.15, -0.1) is 0 Å². The summed E-state index contributed by atoms with van der Waals surface area (Å²) in [6, 6.07) is 3.80. The zero-order valence-electron chi connectivity index (χ0n) is 8.53. The summed E-state index contributed by atoms with van der Waals surface area (Å²) < 4.78 is 6.11. The minimum absolute atomic E-state index is 0.251. The van der Waals surface area contributed by atoms with Gasteiger partial charge in [0.25, 0.3) is 0 Å². The van der Waals surface area contributed by atoms with Crippen LogP contribution in [0.1, 0.15) is 19.1 Å². The summed E-state index contributed by atoms with van der Waals surface area (Å²) in [4.78, 5) is 2.04. The highest BCUT2D eigenvalue weighted by Gasteiger charge is 2.08. The van der Waals surface area contributed by atoms with Crippen molar-refractivity contribution in [3.05, 3.63) is 22.6 Å². The Kier molecular flexibility index (Phi) is 4.65. The Bertz CT molecular complexity index is 275. The van der Waals surface area contributed by atoms with Crippen LogP contribution < -0.4 is 0 Å². The molecule has 0 spiro atoms. The van der Waals surface area contributed by atoms with Crippen LogP contribution in [0.15, 0.2) is 21.2 Å². The number of aliphatic hydroxyl groups excluding tert-OH is 1. The van der Waals surface area contributed by atoms with Crippen LogP contribution in [0.25, 0.3) is 0 Å². The average molecular weight is 262 g/mol. The third kappa shape index (κ3) is 3.82. The van der Waals surface area contributed by atoms with Crippen LogP contribution in [-0.2, 0) is 6.54 Å². The van der Waals surface area contributed by atoms with Crippen molar-refractivity contribution in [1.29, 1.82) is 0 Å². The fourth-order valence-corrected chi connectivity index (χ4v) is 1.60. The summed E-state index contributed by atoms with van der Waals surface area (Å²) in [7, 11) is 1.97. The van der Waals surface area contributed by atoms with Gasteiger partial charge >= 0.3 is 0 Å². The van der Waals surface area contributed by atoms with Crippen molar-refractivity contribution in [2.24, 2.45) is 0 Å². The molecule has 1 N–H and O–H groups in total. The third-order valence-electron chi connectivity index (χ3n) is 2.05. The van der Waals surface area contributed by atoms with Crippen LogP contribution in [0.2, 0.25) is 0 Å². The van der Waals surface area contributed by atoms with Gasteiger partial charge in [-0.2, -0.15) is 0 Å². The molecule has 1 unspecified atom stereocenters. The highest BCUT2D eigenvalue weighted by atomic mass is 79.9. The fraction of sp³-hybridized carbons (Fsp3) is 0.600. The Morgan fingerprint density at radius 1 is 1.57 bits per heavy atom. The van der Waals surface area contributed by atoms with E-state index in [1.54, 1.807) is 0 Å². The number of hydrogen-bond donors (Lipinski definition) is 1. The van der Waals surface area contributed by atoms with Crippen molar-refractivity contribution in [3.63, 3.8) is 0 Å². The predicted octanol–water partition coefficient (Wildman–Crippen LogP) is 2.24. The van der Waals surface area contributed by atoms with Crippen molar-refractivity contribution in [2.75, 3.05) is 13.6 Å². The highest BCUT2D eigenvalue weighted by Crippen LogP contribution is 2.15. The quantitative estimate of drug-likeness (QED) is 0.884. The maximum absolute atomic E-state index is 9.43. The van der Waals surface area contributed by atoms with Crippen LogP contribution in [0, 0.1) is 0 Å². The van der Waals surface area contributed by atoms with Gasteiger partial charge in [0.1, 0.15) is 5.76 Å². The Morgan fingerprint density at radius 2 is 2.29 bits per heavy atom. The lowest BCUT2D eigenvalue weighted by atomic mass is 10.2. The Morgan fingerprint density at radius 3 is 2.79 bits per heavy atom. The number of halogens is 1. The van der Waals surface area contributed by atoms with Crippen LogP contribution in [-0.4, -0.2) is 29.7 Å². The molecule has 1 heterocycles. The lowest BCUT2D eigenvalue weighted by Crippen LogP contribution is -2.28. The molecule has 0 aliphatic heterocycles. The average Bonchev–Trinajstić information content (AvgIpc) is 2.50. The molecule has 1 aromatic rings. The van der Waals surface area contributed by atoms with E-state index in [2.05, 4.69) is 15.9 Å². The zero-order chi connectivity index (χ0) is 10.6. The summed E-state index contributed by atoms with van der Waals surface area (Å²) >= 11 is 3.25. The molecule has 0 bridgehead atoms. The topological polar surface area (TPSA) is 36.6 Å². The first-order valence-corrected chi connectivity index (χ1v) is 5.52. The van der Waals surface area contributed by atoms with E-state index in [-0.39, 0.29) is 6.10 Å². The van der Waals surface area contributed by atoms with Gasteiger partial charge in [0, 0.05) is 6.54 Å². The Hall–Kier alpha value is -0.320. The third-order valence-corrected chi connectivity index (χ3v) is 2.47. The smallest absolute Gasteiger partial charge is 0.169 e. The largest absolute Gasteiger partial charge is 0.453 e. The fourth-order valence-electron chi connectivity index (χ4n) is 1.26. The van der Waals surface area contributed by atoms with E-state index in [9.17, 15) is 5.11 Å². The Balaban J connectivity index is 2.37. The summed E-state index contributed by atoms with van der Waals surface area (Å²) in [5.41, 5.74) is 0. The molecule has 0 saturated carbocycles. The summed E-state index contributed by atoms with van der Waals surface area (Å²) in [5, 5.41) is 9.43. The number of hydrogen-bond acceptors (Lipinski definition) is 3. The molecule has 14 heavy (non-hydrogen) atoms. The van der Waals surface area contributed by atoms with E-state index in [0.717, 1.165) is 23.4 Å². The van der Waals surface area contributed by atoms with Crippen molar-refractivity contribution in [3.8, 4) is 0 Å². The minimum atomic E-state index is -0.251. The van der Waals surface area contributed by atoms with Gasteiger partial charge in [-0.25, -0.2) is 0 Å². The van der Waals surface area contributed by atoms with E-state index in [4.69, 9.17) is 4.42 Å². The van der Waals surface area contributed by atoms with Crippen molar-refractivity contribution >= 4 is 15.9 Å². The van der Waals surface area contributed by atoms with Gasteiger partial charge < -0.3 is 9.52 Å². The lowest BCUT2D eigenvalue weighted by molar-refractivity contribution is 0.116. The van der Waals surface area contributed by atoms with E-state index in [1.165, 1.54) is 0 Å². The van der Waals surface area contributed by atoms with Crippen molar-refractivity contribution < 1.29 is 9.52 Å². The van der Waals surface area contributed by atoms with Gasteiger partial charge in [0.2, 0.25) is 0 Å². The molecule has 80 valence electrons. The molecule has 4 heteroatoms. The van der Waals surface area contributed by atoms with E-state index >= 15 is 0 Å². The number of nitrogens with zero attached hydrogens (tertiary/aromatic N) is 1. The van der Waals surface area contributed by atoms with E-state index in [1.807, 2.05) is 31.0 Å². The number of likely N-dealkylation sites (N-methyl/N-ethyl adjacent to an activating group) is 1. The minimum Gasteiger partial charge on any atom is -0.453 e. The van der Waals surface area contributed by atoms with Gasteiger partial charge in [-0.1, -0.05) is 6.92 Å². The first-order valence-electron chi connectivity index (χ1n) is 4.72. The first kappa shape index (κ1) is 11.8. The molecule has 1 atom stereocenters.